The van der Waals surface area contributed by atoms with Gasteiger partial charge in [0.1, 0.15) is 0 Å². The van der Waals surface area contributed by atoms with Gasteiger partial charge in [0.25, 0.3) is 0 Å². The minimum atomic E-state index is -0.236. The largest absolute Gasteiger partial charge is 0.366 e. The summed E-state index contributed by atoms with van der Waals surface area (Å²) in [4.78, 5) is 0. The molecule has 0 radical (unpaired) electrons. The first-order chi connectivity index (χ1) is 9.30. The molecule has 1 aromatic rings. The van der Waals surface area contributed by atoms with Gasteiger partial charge in [0.15, 0.2) is 0 Å². The zero-order chi connectivity index (χ0) is 13.6. The van der Waals surface area contributed by atoms with Crippen LogP contribution in [0.2, 0.25) is 0 Å². The van der Waals surface area contributed by atoms with Crippen molar-refractivity contribution in [3.63, 3.8) is 0 Å². The highest BCUT2D eigenvalue weighted by molar-refractivity contribution is 5.14. The molecule has 0 bridgehead atoms. The molecule has 2 rings (SSSR count). The molecule has 2 atom stereocenters. The van der Waals surface area contributed by atoms with Crippen LogP contribution < -0.4 is 0 Å². The second kappa shape index (κ2) is 6.59. The van der Waals surface area contributed by atoms with Gasteiger partial charge in [-0.05, 0) is 18.4 Å². The summed E-state index contributed by atoms with van der Waals surface area (Å²) in [7, 11) is 0. The van der Waals surface area contributed by atoms with Gasteiger partial charge >= 0.3 is 0 Å². The number of hydrogen-bond donors (Lipinski definition) is 0. The van der Waals surface area contributed by atoms with Crippen molar-refractivity contribution in [2.24, 2.45) is 5.92 Å². The maximum atomic E-state index is 6.26. The summed E-state index contributed by atoms with van der Waals surface area (Å²) < 4.78 is 6.26. The number of hydrogen-bond acceptors (Lipinski definition) is 1. The van der Waals surface area contributed by atoms with Crippen LogP contribution in [0.5, 0.6) is 0 Å². The molecule has 0 N–H and O–H groups in total. The van der Waals surface area contributed by atoms with Gasteiger partial charge in [-0.2, -0.15) is 0 Å². The Morgan fingerprint density at radius 3 is 2.84 bits per heavy atom. The Labute approximate surface area is 116 Å². The van der Waals surface area contributed by atoms with Crippen LogP contribution >= 0.6 is 0 Å². The molecule has 100 valence electrons. The Morgan fingerprint density at radius 2 is 2.16 bits per heavy atom. The van der Waals surface area contributed by atoms with Crippen LogP contribution in [0.1, 0.15) is 37.7 Å². The monoisotopic (exact) mass is 254 g/mol. The summed E-state index contributed by atoms with van der Waals surface area (Å²) in [6.07, 6.45) is 12.9. The summed E-state index contributed by atoms with van der Waals surface area (Å²) in [6, 6.07) is 10.3. The molecule has 0 amide bonds. The van der Waals surface area contributed by atoms with E-state index < -0.39 is 0 Å². The van der Waals surface area contributed by atoms with Gasteiger partial charge in [-0.1, -0.05) is 49.2 Å². The topological polar surface area (TPSA) is 9.23 Å². The normalized spacial score (nSPS) is 26.6. The summed E-state index contributed by atoms with van der Waals surface area (Å²) in [5, 5.41) is 0. The molecule has 0 saturated heterocycles. The molecule has 1 heteroatoms. The second-order valence-electron chi connectivity index (χ2n) is 5.28. The van der Waals surface area contributed by atoms with Crippen molar-refractivity contribution in [3.05, 3.63) is 48.6 Å². The Morgan fingerprint density at radius 1 is 1.37 bits per heavy atom. The molecule has 0 spiro atoms. The fourth-order valence-electron chi connectivity index (χ4n) is 2.97. The molecule has 1 fully saturated rings. The Balaban J connectivity index is 2.07. The quantitative estimate of drug-likeness (QED) is 0.561. The third-order valence-electron chi connectivity index (χ3n) is 4.12. The molecule has 1 saturated carbocycles. The molecule has 0 heterocycles. The van der Waals surface area contributed by atoms with Crippen molar-refractivity contribution in [1.29, 1.82) is 0 Å². The van der Waals surface area contributed by atoms with E-state index in [9.17, 15) is 0 Å². The molecular formula is C18H22O. The van der Waals surface area contributed by atoms with E-state index in [4.69, 9.17) is 11.2 Å². The lowest BCUT2D eigenvalue weighted by Gasteiger charge is -2.41. The SMILES string of the molecule is C#CC[C@H]1CCCC[C@@]1(C=C)OCc1ccccc1. The smallest absolute Gasteiger partial charge is 0.0901 e. The highest BCUT2D eigenvalue weighted by Gasteiger charge is 2.38. The predicted octanol–water partition coefficient (Wildman–Crippen LogP) is 4.34. The highest BCUT2D eigenvalue weighted by atomic mass is 16.5. The van der Waals surface area contributed by atoms with Gasteiger partial charge in [-0.15, -0.1) is 18.9 Å². The van der Waals surface area contributed by atoms with Crippen LogP contribution in [0, 0.1) is 18.3 Å². The van der Waals surface area contributed by atoms with E-state index in [1.54, 1.807) is 0 Å². The van der Waals surface area contributed by atoms with Crippen molar-refractivity contribution in [1.82, 2.24) is 0 Å². The fourth-order valence-corrected chi connectivity index (χ4v) is 2.97. The standard InChI is InChI=1S/C18H22O/c1-3-10-17-13-8-9-14-18(17,4-2)19-15-16-11-6-5-7-12-16/h1,4-7,11-12,17H,2,8-10,13-15H2/t17-,18+/m0/s1. The lowest BCUT2D eigenvalue weighted by Crippen LogP contribution is -2.41. The van der Waals surface area contributed by atoms with Crippen LogP contribution in [0.15, 0.2) is 43.0 Å². The van der Waals surface area contributed by atoms with E-state index in [2.05, 4.69) is 24.6 Å². The number of benzene rings is 1. The highest BCUT2D eigenvalue weighted by Crippen LogP contribution is 2.40. The summed E-state index contributed by atoms with van der Waals surface area (Å²) in [5.41, 5.74) is 0.967. The molecule has 1 nitrogen and oxygen atoms in total. The van der Waals surface area contributed by atoms with E-state index in [1.165, 1.54) is 18.4 Å². The second-order valence-corrected chi connectivity index (χ2v) is 5.28. The van der Waals surface area contributed by atoms with E-state index in [1.807, 2.05) is 24.3 Å². The summed E-state index contributed by atoms with van der Waals surface area (Å²) in [6.45, 7) is 4.64. The van der Waals surface area contributed by atoms with E-state index in [-0.39, 0.29) is 5.60 Å². The van der Waals surface area contributed by atoms with Crippen molar-refractivity contribution >= 4 is 0 Å². The molecule has 0 unspecified atom stereocenters. The molecule has 1 aromatic carbocycles. The summed E-state index contributed by atoms with van der Waals surface area (Å²) in [5.74, 6) is 3.21. The van der Waals surface area contributed by atoms with Gasteiger partial charge in [0.05, 0.1) is 12.2 Å². The van der Waals surface area contributed by atoms with Crippen LogP contribution in [0.4, 0.5) is 0 Å². The first kappa shape index (κ1) is 13.9. The van der Waals surface area contributed by atoms with Gasteiger partial charge in [0.2, 0.25) is 0 Å². The number of rotatable bonds is 5. The van der Waals surface area contributed by atoms with Gasteiger partial charge < -0.3 is 4.74 Å². The minimum absolute atomic E-state index is 0.236. The van der Waals surface area contributed by atoms with E-state index >= 15 is 0 Å². The average molecular weight is 254 g/mol. The van der Waals surface area contributed by atoms with Gasteiger partial charge in [-0.3, -0.25) is 0 Å². The molecular weight excluding hydrogens is 232 g/mol. The third-order valence-corrected chi connectivity index (χ3v) is 4.12. The molecule has 0 aliphatic heterocycles. The van der Waals surface area contributed by atoms with E-state index in [0.717, 1.165) is 19.3 Å². The maximum Gasteiger partial charge on any atom is 0.0901 e. The van der Waals surface area contributed by atoms with Crippen LogP contribution in [0.25, 0.3) is 0 Å². The van der Waals surface area contributed by atoms with E-state index in [0.29, 0.717) is 12.5 Å². The van der Waals surface area contributed by atoms with Crippen LogP contribution in [0.3, 0.4) is 0 Å². The first-order valence-corrected chi connectivity index (χ1v) is 7.05. The zero-order valence-corrected chi connectivity index (χ0v) is 11.5. The third kappa shape index (κ3) is 3.28. The van der Waals surface area contributed by atoms with Crippen molar-refractivity contribution < 1.29 is 4.74 Å². The van der Waals surface area contributed by atoms with Crippen LogP contribution in [-0.2, 0) is 11.3 Å². The Hall–Kier alpha value is -1.52. The van der Waals surface area contributed by atoms with Gasteiger partial charge in [-0.25, -0.2) is 0 Å². The average Bonchev–Trinajstić information content (AvgIpc) is 2.48. The summed E-state index contributed by atoms with van der Waals surface area (Å²) >= 11 is 0. The van der Waals surface area contributed by atoms with Crippen molar-refractivity contribution in [2.75, 3.05) is 0 Å². The maximum absolute atomic E-state index is 6.26. The lowest BCUT2D eigenvalue weighted by molar-refractivity contribution is -0.0810. The molecule has 1 aliphatic carbocycles. The number of ether oxygens (including phenoxy) is 1. The predicted molar refractivity (Wildman–Crippen MR) is 79.6 cm³/mol. The zero-order valence-electron chi connectivity index (χ0n) is 11.5. The molecule has 1 aliphatic rings. The van der Waals surface area contributed by atoms with Gasteiger partial charge in [0, 0.05) is 12.3 Å². The Bertz CT molecular complexity index is 443. The van der Waals surface area contributed by atoms with Crippen LogP contribution in [-0.4, -0.2) is 5.60 Å². The lowest BCUT2D eigenvalue weighted by atomic mass is 9.73. The first-order valence-electron chi connectivity index (χ1n) is 7.05. The van der Waals surface area contributed by atoms with Crippen molar-refractivity contribution in [2.45, 2.75) is 44.3 Å². The molecule has 0 aromatic heterocycles. The number of terminal acetylenes is 1. The minimum Gasteiger partial charge on any atom is -0.366 e. The molecule has 19 heavy (non-hydrogen) atoms. The van der Waals surface area contributed by atoms with Crippen molar-refractivity contribution in [3.8, 4) is 12.3 Å². The Kier molecular flexibility index (Phi) is 4.82. The fraction of sp³-hybridized carbons (Fsp3) is 0.444.